The van der Waals surface area contributed by atoms with Crippen LogP contribution in [0.3, 0.4) is 0 Å². The molecule has 0 aliphatic heterocycles. The van der Waals surface area contributed by atoms with Gasteiger partial charge in [-0.2, -0.15) is 4.31 Å². The summed E-state index contributed by atoms with van der Waals surface area (Å²) >= 11 is 7.75. The molecule has 1 aromatic heterocycles. The molecule has 0 saturated carbocycles. The van der Waals surface area contributed by atoms with Crippen LogP contribution in [0.2, 0.25) is 5.02 Å². The number of hydrogen-bond acceptors (Lipinski definition) is 4. The number of halogens is 1. The predicted octanol–water partition coefficient (Wildman–Crippen LogP) is 4.67. The molecule has 0 fully saturated rings. The summed E-state index contributed by atoms with van der Waals surface area (Å²) in [5.41, 5.74) is 2.53. The molecule has 2 aromatic carbocycles. The molecule has 5 nitrogen and oxygen atoms in total. The van der Waals surface area contributed by atoms with Crippen LogP contribution in [0, 0.1) is 0 Å². The van der Waals surface area contributed by atoms with Gasteiger partial charge in [-0.3, -0.25) is 0 Å². The van der Waals surface area contributed by atoms with Crippen LogP contribution in [0.25, 0.3) is 11.3 Å². The van der Waals surface area contributed by atoms with Gasteiger partial charge in [-0.25, -0.2) is 13.4 Å². The predicted molar refractivity (Wildman–Crippen MR) is 116 cm³/mol. The molecule has 0 saturated heterocycles. The Hall–Kier alpha value is -1.93. The van der Waals surface area contributed by atoms with Gasteiger partial charge in [-0.1, -0.05) is 49.7 Å². The summed E-state index contributed by atoms with van der Waals surface area (Å²) in [5.74, 6) is 0. The molecule has 0 N–H and O–H groups in total. The van der Waals surface area contributed by atoms with E-state index in [0.717, 1.165) is 21.7 Å². The maximum Gasteiger partial charge on any atom is 0.244 e. The topological polar surface area (TPSA) is 54.7 Å². The average Bonchev–Trinajstić information content (AvgIpc) is 3.04. The molecule has 3 rings (SSSR count). The molecule has 0 radical (unpaired) electrons. The van der Waals surface area contributed by atoms with Crippen molar-refractivity contribution in [3.63, 3.8) is 0 Å². The fraction of sp³-hybridized carbons (Fsp3) is 0.250. The van der Waals surface area contributed by atoms with Crippen LogP contribution in [0.5, 0.6) is 0 Å². The number of para-hydroxylation sites is 1. The first-order chi connectivity index (χ1) is 13.4. The Labute approximate surface area is 174 Å². The van der Waals surface area contributed by atoms with E-state index in [-0.39, 0.29) is 9.92 Å². The second-order valence-electron chi connectivity index (χ2n) is 6.14. The molecule has 8 heteroatoms. The van der Waals surface area contributed by atoms with E-state index in [2.05, 4.69) is 4.99 Å². The van der Waals surface area contributed by atoms with Crippen molar-refractivity contribution in [2.75, 3.05) is 13.1 Å². The lowest BCUT2D eigenvalue weighted by Gasteiger charge is -2.19. The lowest BCUT2D eigenvalue weighted by atomic mass is 10.2. The largest absolute Gasteiger partial charge is 0.320 e. The van der Waals surface area contributed by atoms with Gasteiger partial charge >= 0.3 is 0 Å². The SMILES string of the molecule is CCN(CC)S(=O)(=O)c1cc(-c2csc(=Nc3ccccc3)n2C)ccc1Cl. The summed E-state index contributed by atoms with van der Waals surface area (Å²) in [6.07, 6.45) is 0. The Balaban J connectivity index is 2.09. The summed E-state index contributed by atoms with van der Waals surface area (Å²) in [6.45, 7) is 4.42. The molecule has 0 aliphatic rings. The Bertz CT molecular complexity index is 1130. The molecule has 0 spiro atoms. The minimum atomic E-state index is -3.64. The summed E-state index contributed by atoms with van der Waals surface area (Å²) in [7, 11) is -1.73. The molecule has 148 valence electrons. The van der Waals surface area contributed by atoms with Crippen LogP contribution in [-0.2, 0) is 17.1 Å². The van der Waals surface area contributed by atoms with Crippen LogP contribution in [0.1, 0.15) is 13.8 Å². The van der Waals surface area contributed by atoms with Crippen molar-refractivity contribution in [2.24, 2.45) is 12.0 Å². The molecular weight excluding hydrogens is 414 g/mol. The fourth-order valence-electron chi connectivity index (χ4n) is 2.91. The molecule has 0 atom stereocenters. The van der Waals surface area contributed by atoms with Crippen LogP contribution >= 0.6 is 22.9 Å². The van der Waals surface area contributed by atoms with Crippen LogP contribution in [0.15, 0.2) is 63.8 Å². The maximum absolute atomic E-state index is 12.9. The number of sulfonamides is 1. The summed E-state index contributed by atoms with van der Waals surface area (Å²) in [6, 6.07) is 14.8. The molecule has 0 bridgehead atoms. The van der Waals surface area contributed by atoms with Gasteiger partial charge in [0.1, 0.15) is 4.90 Å². The van der Waals surface area contributed by atoms with Crippen molar-refractivity contribution in [1.82, 2.24) is 8.87 Å². The van der Waals surface area contributed by atoms with Crippen LogP contribution in [-0.4, -0.2) is 30.4 Å². The first-order valence-corrected chi connectivity index (χ1v) is 11.6. The van der Waals surface area contributed by atoms with Gasteiger partial charge in [-0.15, -0.1) is 11.3 Å². The third-order valence-corrected chi connectivity index (χ3v) is 7.90. The summed E-state index contributed by atoms with van der Waals surface area (Å²) in [4.78, 5) is 5.61. The van der Waals surface area contributed by atoms with Gasteiger partial charge in [0.25, 0.3) is 0 Å². The quantitative estimate of drug-likeness (QED) is 0.564. The zero-order valence-electron chi connectivity index (χ0n) is 16.0. The van der Waals surface area contributed by atoms with E-state index < -0.39 is 10.0 Å². The minimum Gasteiger partial charge on any atom is -0.320 e. The van der Waals surface area contributed by atoms with Gasteiger partial charge < -0.3 is 4.57 Å². The average molecular weight is 436 g/mol. The Kier molecular flexibility index (Phi) is 6.40. The number of benzene rings is 2. The molecule has 1 heterocycles. The highest BCUT2D eigenvalue weighted by molar-refractivity contribution is 7.89. The zero-order valence-corrected chi connectivity index (χ0v) is 18.4. The van der Waals surface area contributed by atoms with E-state index in [9.17, 15) is 8.42 Å². The molecule has 0 aliphatic carbocycles. The minimum absolute atomic E-state index is 0.128. The lowest BCUT2D eigenvalue weighted by Crippen LogP contribution is -2.30. The van der Waals surface area contributed by atoms with Gasteiger partial charge in [-0.05, 0) is 24.3 Å². The van der Waals surface area contributed by atoms with E-state index in [1.54, 1.807) is 12.1 Å². The van der Waals surface area contributed by atoms with Crippen molar-refractivity contribution in [2.45, 2.75) is 18.7 Å². The number of aromatic nitrogens is 1. The van der Waals surface area contributed by atoms with E-state index in [1.165, 1.54) is 15.6 Å². The second kappa shape index (κ2) is 8.61. The Morgan fingerprint density at radius 2 is 1.79 bits per heavy atom. The Morgan fingerprint density at radius 1 is 1.11 bits per heavy atom. The maximum atomic E-state index is 12.9. The third-order valence-electron chi connectivity index (χ3n) is 4.46. The van der Waals surface area contributed by atoms with E-state index >= 15 is 0 Å². The smallest absolute Gasteiger partial charge is 0.244 e. The number of hydrogen-bond donors (Lipinski definition) is 0. The fourth-order valence-corrected chi connectivity index (χ4v) is 5.79. The van der Waals surface area contributed by atoms with Gasteiger partial charge in [0, 0.05) is 31.1 Å². The highest BCUT2D eigenvalue weighted by Crippen LogP contribution is 2.30. The van der Waals surface area contributed by atoms with E-state index in [0.29, 0.717) is 13.1 Å². The van der Waals surface area contributed by atoms with E-state index in [1.807, 2.05) is 67.2 Å². The number of thiazole rings is 1. The first kappa shape index (κ1) is 20.8. The monoisotopic (exact) mass is 435 g/mol. The van der Waals surface area contributed by atoms with Crippen molar-refractivity contribution in [3.8, 4) is 11.3 Å². The molecule has 0 amide bonds. The summed E-state index contributed by atoms with van der Waals surface area (Å²) < 4.78 is 29.3. The molecule has 3 aromatic rings. The van der Waals surface area contributed by atoms with Gasteiger partial charge in [0.2, 0.25) is 10.0 Å². The highest BCUT2D eigenvalue weighted by Gasteiger charge is 2.25. The Morgan fingerprint density at radius 3 is 2.43 bits per heavy atom. The number of nitrogens with zero attached hydrogens (tertiary/aromatic N) is 3. The van der Waals surface area contributed by atoms with E-state index in [4.69, 9.17) is 11.6 Å². The van der Waals surface area contributed by atoms with Gasteiger partial charge in [0.05, 0.1) is 16.4 Å². The van der Waals surface area contributed by atoms with Crippen molar-refractivity contribution >= 4 is 38.6 Å². The van der Waals surface area contributed by atoms with Crippen molar-refractivity contribution in [3.05, 3.63) is 63.7 Å². The zero-order chi connectivity index (χ0) is 20.3. The van der Waals surface area contributed by atoms with Crippen LogP contribution < -0.4 is 4.80 Å². The second-order valence-corrected chi connectivity index (χ2v) is 9.29. The standard InChI is InChI=1S/C20H22ClN3O2S2/c1-4-24(5-2)28(25,26)19-13-15(11-12-17(19)21)18-14-27-20(23(18)3)22-16-9-7-6-8-10-16/h6-14H,4-5H2,1-3H3. The summed E-state index contributed by atoms with van der Waals surface area (Å²) in [5, 5.41) is 2.20. The third kappa shape index (κ3) is 4.07. The highest BCUT2D eigenvalue weighted by atomic mass is 35.5. The van der Waals surface area contributed by atoms with Crippen molar-refractivity contribution in [1.29, 1.82) is 0 Å². The molecule has 28 heavy (non-hydrogen) atoms. The number of rotatable bonds is 6. The van der Waals surface area contributed by atoms with Gasteiger partial charge in [0.15, 0.2) is 4.80 Å². The first-order valence-electron chi connectivity index (χ1n) is 8.92. The normalized spacial score (nSPS) is 12.7. The lowest BCUT2D eigenvalue weighted by molar-refractivity contribution is 0.445. The molecular formula is C20H22ClN3O2S2. The van der Waals surface area contributed by atoms with Crippen LogP contribution in [0.4, 0.5) is 5.69 Å². The van der Waals surface area contributed by atoms with Crippen molar-refractivity contribution < 1.29 is 8.42 Å². The molecule has 0 unspecified atom stereocenters.